The van der Waals surface area contributed by atoms with E-state index in [2.05, 4.69) is 12.2 Å². The summed E-state index contributed by atoms with van der Waals surface area (Å²) in [6.45, 7) is 3.72. The molecule has 0 aliphatic heterocycles. The molecular formula is C12H23NO3. The molecule has 3 atom stereocenters. The van der Waals surface area contributed by atoms with Crippen LogP contribution >= 0.6 is 0 Å². The van der Waals surface area contributed by atoms with Gasteiger partial charge in [0.15, 0.2) is 5.60 Å². The van der Waals surface area contributed by atoms with E-state index in [1.807, 2.05) is 0 Å². The second-order valence-electron chi connectivity index (χ2n) is 5.27. The Hall–Kier alpha value is -0.610. The summed E-state index contributed by atoms with van der Waals surface area (Å²) in [5.41, 5.74) is -1.65. The van der Waals surface area contributed by atoms with Crippen LogP contribution in [0.1, 0.15) is 46.0 Å². The van der Waals surface area contributed by atoms with E-state index in [0.717, 1.165) is 18.8 Å². The van der Waals surface area contributed by atoms with E-state index in [1.165, 1.54) is 26.2 Å². The normalized spacial score (nSPS) is 30.4. The van der Waals surface area contributed by atoms with Gasteiger partial charge in [-0.05, 0) is 32.1 Å². The number of aliphatic hydroxyl groups is 1. The molecule has 0 amide bonds. The number of carboxylic acids is 1. The van der Waals surface area contributed by atoms with Gasteiger partial charge in [0, 0.05) is 12.6 Å². The van der Waals surface area contributed by atoms with E-state index in [0.29, 0.717) is 6.04 Å². The highest BCUT2D eigenvalue weighted by Gasteiger charge is 2.30. The molecule has 3 N–H and O–H groups in total. The Morgan fingerprint density at radius 3 is 2.69 bits per heavy atom. The molecule has 1 fully saturated rings. The van der Waals surface area contributed by atoms with Crippen molar-refractivity contribution in [1.82, 2.24) is 5.32 Å². The molecule has 0 saturated heterocycles. The SMILES string of the molecule is CC1CCCC(NCC(C)(O)C(=O)O)CC1. The van der Waals surface area contributed by atoms with Crippen molar-refractivity contribution in [3.05, 3.63) is 0 Å². The van der Waals surface area contributed by atoms with Crippen molar-refractivity contribution in [3.8, 4) is 0 Å². The molecule has 4 heteroatoms. The van der Waals surface area contributed by atoms with Gasteiger partial charge in [-0.25, -0.2) is 4.79 Å². The fraction of sp³-hybridized carbons (Fsp3) is 0.917. The smallest absolute Gasteiger partial charge is 0.336 e. The Morgan fingerprint density at radius 2 is 2.06 bits per heavy atom. The molecular weight excluding hydrogens is 206 g/mol. The van der Waals surface area contributed by atoms with Crippen molar-refractivity contribution in [2.75, 3.05) is 6.54 Å². The van der Waals surface area contributed by atoms with E-state index < -0.39 is 11.6 Å². The Bertz CT molecular complexity index is 240. The predicted octanol–water partition coefficient (Wildman–Crippen LogP) is 1.38. The molecule has 1 rings (SSSR count). The highest BCUT2D eigenvalue weighted by Crippen LogP contribution is 2.22. The van der Waals surface area contributed by atoms with Crippen molar-refractivity contribution in [3.63, 3.8) is 0 Å². The van der Waals surface area contributed by atoms with Crippen LogP contribution in [0.4, 0.5) is 0 Å². The quantitative estimate of drug-likeness (QED) is 0.637. The number of aliphatic carboxylic acids is 1. The van der Waals surface area contributed by atoms with Crippen molar-refractivity contribution < 1.29 is 15.0 Å². The molecule has 3 unspecified atom stereocenters. The van der Waals surface area contributed by atoms with E-state index in [9.17, 15) is 9.90 Å². The molecule has 94 valence electrons. The van der Waals surface area contributed by atoms with Crippen molar-refractivity contribution in [2.24, 2.45) is 5.92 Å². The van der Waals surface area contributed by atoms with Gasteiger partial charge in [0.2, 0.25) is 0 Å². The van der Waals surface area contributed by atoms with Crippen molar-refractivity contribution in [1.29, 1.82) is 0 Å². The summed E-state index contributed by atoms with van der Waals surface area (Å²) >= 11 is 0. The predicted molar refractivity (Wildman–Crippen MR) is 62.3 cm³/mol. The van der Waals surface area contributed by atoms with Crippen LogP contribution in [0.5, 0.6) is 0 Å². The van der Waals surface area contributed by atoms with E-state index in [4.69, 9.17) is 5.11 Å². The van der Waals surface area contributed by atoms with Gasteiger partial charge in [-0.2, -0.15) is 0 Å². The Morgan fingerprint density at radius 1 is 1.38 bits per heavy atom. The summed E-state index contributed by atoms with van der Waals surface area (Å²) in [5.74, 6) is -0.395. The minimum absolute atomic E-state index is 0.126. The summed E-state index contributed by atoms with van der Waals surface area (Å²) < 4.78 is 0. The zero-order chi connectivity index (χ0) is 12.2. The van der Waals surface area contributed by atoms with Crippen LogP contribution in [0.25, 0.3) is 0 Å². The molecule has 0 aromatic carbocycles. The summed E-state index contributed by atoms with van der Waals surface area (Å²) in [7, 11) is 0. The van der Waals surface area contributed by atoms with Gasteiger partial charge in [0.25, 0.3) is 0 Å². The van der Waals surface area contributed by atoms with Crippen LogP contribution in [0, 0.1) is 5.92 Å². The molecule has 0 radical (unpaired) electrons. The van der Waals surface area contributed by atoms with Crippen LogP contribution in [0.15, 0.2) is 0 Å². The monoisotopic (exact) mass is 229 g/mol. The van der Waals surface area contributed by atoms with Crippen molar-refractivity contribution in [2.45, 2.75) is 57.6 Å². The highest BCUT2D eigenvalue weighted by molar-refractivity contribution is 5.76. The van der Waals surface area contributed by atoms with Gasteiger partial charge in [-0.1, -0.05) is 19.8 Å². The van der Waals surface area contributed by atoms with Crippen LogP contribution in [-0.4, -0.2) is 34.4 Å². The molecule has 0 bridgehead atoms. The second-order valence-corrected chi connectivity index (χ2v) is 5.27. The van der Waals surface area contributed by atoms with Gasteiger partial charge < -0.3 is 15.5 Å². The Balaban J connectivity index is 2.34. The summed E-state index contributed by atoms with van der Waals surface area (Å²) in [6.07, 6.45) is 5.80. The Labute approximate surface area is 97.0 Å². The molecule has 0 aromatic rings. The average Bonchev–Trinajstić information content (AvgIpc) is 2.40. The lowest BCUT2D eigenvalue weighted by Gasteiger charge is -2.23. The van der Waals surface area contributed by atoms with Gasteiger partial charge in [-0.3, -0.25) is 0 Å². The summed E-state index contributed by atoms with van der Waals surface area (Å²) in [4.78, 5) is 10.7. The van der Waals surface area contributed by atoms with Gasteiger partial charge in [0.1, 0.15) is 0 Å². The molecule has 1 aliphatic rings. The lowest BCUT2D eigenvalue weighted by molar-refractivity contribution is -0.156. The maximum Gasteiger partial charge on any atom is 0.336 e. The van der Waals surface area contributed by atoms with E-state index in [1.54, 1.807) is 0 Å². The maximum atomic E-state index is 10.7. The highest BCUT2D eigenvalue weighted by atomic mass is 16.4. The zero-order valence-electron chi connectivity index (χ0n) is 10.2. The first-order chi connectivity index (χ1) is 7.42. The lowest BCUT2D eigenvalue weighted by Crippen LogP contribution is -2.47. The summed E-state index contributed by atoms with van der Waals surface area (Å²) in [6, 6.07) is 0.357. The number of hydrogen-bond acceptors (Lipinski definition) is 3. The van der Waals surface area contributed by atoms with Crippen molar-refractivity contribution >= 4 is 5.97 Å². The number of rotatable bonds is 4. The molecule has 16 heavy (non-hydrogen) atoms. The first-order valence-corrected chi connectivity index (χ1v) is 6.11. The standard InChI is InChI=1S/C12H23NO3/c1-9-4-3-5-10(7-6-9)13-8-12(2,16)11(14)15/h9-10,13,16H,3-8H2,1-2H3,(H,14,15). The lowest BCUT2D eigenvalue weighted by atomic mass is 10.0. The van der Waals surface area contributed by atoms with Gasteiger partial charge in [-0.15, -0.1) is 0 Å². The third-order valence-electron chi connectivity index (χ3n) is 3.45. The summed E-state index contributed by atoms with van der Waals surface area (Å²) in [5, 5.41) is 21.5. The molecule has 4 nitrogen and oxygen atoms in total. The number of hydrogen-bond donors (Lipinski definition) is 3. The first-order valence-electron chi connectivity index (χ1n) is 6.11. The maximum absolute atomic E-state index is 10.7. The fourth-order valence-electron chi connectivity index (χ4n) is 2.11. The number of carboxylic acid groups (broad SMARTS) is 1. The minimum Gasteiger partial charge on any atom is -0.479 e. The fourth-order valence-corrected chi connectivity index (χ4v) is 2.11. The first kappa shape index (κ1) is 13.5. The van der Waals surface area contributed by atoms with E-state index in [-0.39, 0.29) is 6.54 Å². The van der Waals surface area contributed by atoms with E-state index >= 15 is 0 Å². The Kier molecular flexibility index (Phi) is 4.74. The average molecular weight is 229 g/mol. The third kappa shape index (κ3) is 4.10. The second kappa shape index (κ2) is 5.64. The zero-order valence-corrected chi connectivity index (χ0v) is 10.2. The third-order valence-corrected chi connectivity index (χ3v) is 3.45. The van der Waals surface area contributed by atoms with Crippen LogP contribution < -0.4 is 5.32 Å². The number of nitrogens with one attached hydrogen (secondary N) is 1. The topological polar surface area (TPSA) is 69.6 Å². The van der Waals surface area contributed by atoms with Gasteiger partial charge >= 0.3 is 5.97 Å². The molecule has 0 spiro atoms. The minimum atomic E-state index is -1.65. The largest absolute Gasteiger partial charge is 0.479 e. The molecule has 1 saturated carbocycles. The molecule has 1 aliphatic carbocycles. The van der Waals surface area contributed by atoms with Crippen LogP contribution in [0.2, 0.25) is 0 Å². The van der Waals surface area contributed by atoms with Crippen LogP contribution in [0.3, 0.4) is 0 Å². The van der Waals surface area contributed by atoms with Crippen LogP contribution in [-0.2, 0) is 4.79 Å². The van der Waals surface area contributed by atoms with Gasteiger partial charge in [0.05, 0.1) is 0 Å². The molecule has 0 aromatic heterocycles. The molecule has 0 heterocycles. The number of carbonyl (C=O) groups is 1.